The number of fused-ring (bicyclic) bond motifs is 1. The number of ether oxygens (including phenoxy) is 1. The van der Waals surface area contributed by atoms with Crippen molar-refractivity contribution >= 4 is 11.9 Å². The van der Waals surface area contributed by atoms with E-state index in [0.717, 1.165) is 56.1 Å². The Kier molecular flexibility index (Phi) is 6.97. The normalized spacial score (nSPS) is 26.5. The van der Waals surface area contributed by atoms with E-state index in [1.807, 2.05) is 9.80 Å². The van der Waals surface area contributed by atoms with Crippen molar-refractivity contribution in [3.8, 4) is 0 Å². The summed E-state index contributed by atoms with van der Waals surface area (Å²) in [7, 11) is 0. The van der Waals surface area contributed by atoms with Crippen molar-refractivity contribution in [3.63, 3.8) is 0 Å². The molecule has 1 N–H and O–H groups in total. The summed E-state index contributed by atoms with van der Waals surface area (Å²) >= 11 is 0. The minimum atomic E-state index is -4.32. The van der Waals surface area contributed by atoms with E-state index in [1.165, 1.54) is 12.1 Å². The molecule has 4 aliphatic rings. The van der Waals surface area contributed by atoms with E-state index in [9.17, 15) is 22.8 Å². The quantitative estimate of drug-likeness (QED) is 0.682. The molecule has 3 amide bonds. The van der Waals surface area contributed by atoms with Crippen LogP contribution in [0.2, 0.25) is 0 Å². The van der Waals surface area contributed by atoms with Crippen LogP contribution in [0.25, 0.3) is 0 Å². The molecule has 3 saturated heterocycles. The van der Waals surface area contributed by atoms with Gasteiger partial charge in [0, 0.05) is 26.2 Å². The van der Waals surface area contributed by atoms with Crippen molar-refractivity contribution in [1.29, 1.82) is 0 Å². The van der Waals surface area contributed by atoms with Crippen LogP contribution in [0.15, 0.2) is 18.2 Å². The lowest BCUT2D eigenvalue weighted by Gasteiger charge is -2.43. The van der Waals surface area contributed by atoms with Crippen molar-refractivity contribution in [2.75, 3.05) is 32.8 Å². The molecule has 35 heavy (non-hydrogen) atoms. The van der Waals surface area contributed by atoms with Crippen molar-refractivity contribution in [2.45, 2.75) is 75.6 Å². The topological polar surface area (TPSA) is 61.9 Å². The van der Waals surface area contributed by atoms with Gasteiger partial charge < -0.3 is 19.9 Å². The zero-order valence-corrected chi connectivity index (χ0v) is 20.0. The summed E-state index contributed by atoms with van der Waals surface area (Å²) in [5.41, 5.74) is 1.38. The molecule has 2 atom stereocenters. The number of urea groups is 1. The monoisotopic (exact) mass is 493 g/mol. The highest BCUT2D eigenvalue weighted by Crippen LogP contribution is 2.40. The summed E-state index contributed by atoms with van der Waals surface area (Å²) in [6.45, 7) is 2.47. The molecule has 0 aromatic heterocycles. The highest BCUT2D eigenvalue weighted by Gasteiger charge is 2.38. The average Bonchev–Trinajstić information content (AvgIpc) is 3.38. The van der Waals surface area contributed by atoms with E-state index in [2.05, 4.69) is 5.32 Å². The minimum absolute atomic E-state index is 0.00268. The lowest BCUT2D eigenvalue weighted by molar-refractivity contribution is -0.140. The second-order valence-electron chi connectivity index (χ2n) is 10.6. The lowest BCUT2D eigenvalue weighted by Crippen LogP contribution is -2.62. The minimum Gasteiger partial charge on any atom is -0.366 e. The summed E-state index contributed by atoms with van der Waals surface area (Å²) in [5.74, 6) is 0.440. The number of halogens is 3. The zero-order chi connectivity index (χ0) is 24.6. The highest BCUT2D eigenvalue weighted by molar-refractivity contribution is 5.79. The van der Waals surface area contributed by atoms with Crippen LogP contribution in [-0.4, -0.2) is 66.7 Å². The number of hydrogen-bond acceptors (Lipinski definition) is 3. The van der Waals surface area contributed by atoms with Crippen LogP contribution < -0.4 is 5.32 Å². The van der Waals surface area contributed by atoms with E-state index < -0.39 is 11.7 Å². The largest absolute Gasteiger partial charge is 0.416 e. The second-order valence-corrected chi connectivity index (χ2v) is 10.6. The molecular formula is C26H34F3N3O3. The van der Waals surface area contributed by atoms with Crippen LogP contribution in [0, 0.1) is 5.92 Å². The number of benzene rings is 1. The molecule has 1 saturated carbocycles. The maximum atomic E-state index is 13.4. The SMILES string of the molecule is O=C1COC2CCN(C(=O)N3CCC(Cc4ccc(C(F)(F)F)cc4C4CCCC4)CC3)CC2N1. The molecule has 1 aliphatic carbocycles. The maximum Gasteiger partial charge on any atom is 0.416 e. The number of hydrogen-bond donors (Lipinski definition) is 1. The summed E-state index contributed by atoms with van der Waals surface area (Å²) in [5, 5.41) is 2.94. The fraction of sp³-hybridized carbons (Fsp3) is 0.692. The molecule has 4 fully saturated rings. The number of alkyl halides is 3. The summed E-state index contributed by atoms with van der Waals surface area (Å²) in [6, 6.07) is 4.16. The molecule has 3 heterocycles. The number of morpholine rings is 1. The third kappa shape index (κ3) is 5.44. The number of likely N-dealkylation sites (tertiary alicyclic amines) is 2. The van der Waals surface area contributed by atoms with Crippen LogP contribution in [0.3, 0.4) is 0 Å². The van der Waals surface area contributed by atoms with E-state index in [1.54, 1.807) is 6.07 Å². The van der Waals surface area contributed by atoms with Gasteiger partial charge in [0.05, 0.1) is 17.7 Å². The molecule has 0 radical (unpaired) electrons. The van der Waals surface area contributed by atoms with Gasteiger partial charge in [-0.2, -0.15) is 13.2 Å². The van der Waals surface area contributed by atoms with Gasteiger partial charge in [0.2, 0.25) is 5.91 Å². The van der Waals surface area contributed by atoms with Crippen molar-refractivity contribution in [3.05, 3.63) is 34.9 Å². The number of nitrogens with one attached hydrogen (secondary N) is 1. The van der Waals surface area contributed by atoms with Crippen molar-refractivity contribution in [1.82, 2.24) is 15.1 Å². The first kappa shape index (κ1) is 24.4. The molecule has 5 rings (SSSR count). The van der Waals surface area contributed by atoms with Gasteiger partial charge in [0.25, 0.3) is 0 Å². The second kappa shape index (κ2) is 9.99. The van der Waals surface area contributed by atoms with E-state index in [-0.39, 0.29) is 36.6 Å². The van der Waals surface area contributed by atoms with Crippen LogP contribution in [0.5, 0.6) is 0 Å². The molecule has 3 aliphatic heterocycles. The van der Waals surface area contributed by atoms with Crippen LogP contribution in [0.1, 0.15) is 67.6 Å². The molecular weight excluding hydrogens is 459 g/mol. The van der Waals surface area contributed by atoms with Gasteiger partial charge in [-0.3, -0.25) is 4.79 Å². The van der Waals surface area contributed by atoms with Gasteiger partial charge in [-0.25, -0.2) is 4.79 Å². The first-order valence-electron chi connectivity index (χ1n) is 12.9. The van der Waals surface area contributed by atoms with Gasteiger partial charge >= 0.3 is 12.2 Å². The zero-order valence-electron chi connectivity index (χ0n) is 20.0. The van der Waals surface area contributed by atoms with Crippen LogP contribution >= 0.6 is 0 Å². The number of nitrogens with zero attached hydrogens (tertiary/aromatic N) is 2. The lowest BCUT2D eigenvalue weighted by atomic mass is 9.84. The number of amides is 3. The summed E-state index contributed by atoms with van der Waals surface area (Å²) in [4.78, 5) is 28.5. The molecule has 1 aromatic carbocycles. The van der Waals surface area contributed by atoms with Gasteiger partial charge in [0.1, 0.15) is 6.61 Å². The van der Waals surface area contributed by atoms with E-state index in [4.69, 9.17) is 4.74 Å². The fourth-order valence-electron chi connectivity index (χ4n) is 6.29. The van der Waals surface area contributed by atoms with Crippen molar-refractivity contribution in [2.24, 2.45) is 5.92 Å². The van der Waals surface area contributed by atoms with E-state index >= 15 is 0 Å². The predicted molar refractivity (Wildman–Crippen MR) is 124 cm³/mol. The Labute approximate surface area is 204 Å². The summed E-state index contributed by atoms with van der Waals surface area (Å²) in [6.07, 6.45) is 2.90. The molecule has 192 valence electrons. The third-order valence-corrected chi connectivity index (χ3v) is 8.26. The molecule has 0 bridgehead atoms. The van der Waals surface area contributed by atoms with Crippen molar-refractivity contribution < 1.29 is 27.5 Å². The Hall–Kier alpha value is -2.29. The Morgan fingerprint density at radius 2 is 1.74 bits per heavy atom. The third-order valence-electron chi connectivity index (χ3n) is 8.26. The average molecular weight is 494 g/mol. The Bertz CT molecular complexity index is 940. The maximum absolute atomic E-state index is 13.4. The van der Waals surface area contributed by atoms with Gasteiger partial charge in [0.15, 0.2) is 0 Å². The van der Waals surface area contributed by atoms with Crippen LogP contribution in [0.4, 0.5) is 18.0 Å². The fourth-order valence-corrected chi connectivity index (χ4v) is 6.29. The van der Waals surface area contributed by atoms with Gasteiger partial charge in [-0.1, -0.05) is 18.9 Å². The number of piperidine rings is 2. The first-order valence-corrected chi connectivity index (χ1v) is 12.9. The number of carbonyl (C=O) groups is 2. The van der Waals surface area contributed by atoms with Gasteiger partial charge in [-0.15, -0.1) is 0 Å². The Morgan fingerprint density at radius 1 is 1.03 bits per heavy atom. The summed E-state index contributed by atoms with van der Waals surface area (Å²) < 4.78 is 45.7. The standard InChI is InChI=1S/C26H34F3N3O3/c27-26(28,29)20-6-5-19(21(14-20)18-3-1-2-4-18)13-17-7-10-31(11-8-17)25(34)32-12-9-23-22(15-32)30-24(33)16-35-23/h5-6,14,17-18,22-23H,1-4,7-13,15-16H2,(H,30,33). The molecule has 9 heteroatoms. The number of carbonyl (C=O) groups excluding carboxylic acids is 2. The first-order chi connectivity index (χ1) is 16.8. The number of rotatable bonds is 3. The highest BCUT2D eigenvalue weighted by atomic mass is 19.4. The smallest absolute Gasteiger partial charge is 0.366 e. The molecule has 6 nitrogen and oxygen atoms in total. The van der Waals surface area contributed by atoms with Crippen LogP contribution in [-0.2, 0) is 22.1 Å². The Morgan fingerprint density at radius 3 is 2.46 bits per heavy atom. The van der Waals surface area contributed by atoms with E-state index in [0.29, 0.717) is 38.5 Å². The predicted octanol–water partition coefficient (Wildman–Crippen LogP) is 4.33. The molecule has 2 unspecified atom stereocenters. The Balaban J connectivity index is 1.19. The van der Waals surface area contributed by atoms with Gasteiger partial charge in [-0.05, 0) is 73.6 Å². The molecule has 0 spiro atoms. The molecule has 1 aromatic rings.